The molecule has 1 aliphatic carbocycles. The molecule has 2 aliphatic rings. The van der Waals surface area contributed by atoms with Crippen LogP contribution in [-0.2, 0) is 11.8 Å². The van der Waals surface area contributed by atoms with Crippen LogP contribution < -0.4 is 5.73 Å². The van der Waals surface area contributed by atoms with Gasteiger partial charge in [0.05, 0.1) is 18.0 Å². The molecule has 6 nitrogen and oxygen atoms in total. The summed E-state index contributed by atoms with van der Waals surface area (Å²) < 4.78 is 7.02. The zero-order chi connectivity index (χ0) is 14.3. The van der Waals surface area contributed by atoms with Crippen molar-refractivity contribution in [1.29, 1.82) is 0 Å². The normalized spacial score (nSPS) is 22.2. The molecule has 1 aromatic rings. The lowest BCUT2D eigenvalue weighted by Crippen LogP contribution is -2.38. The van der Waals surface area contributed by atoms with E-state index in [1.54, 1.807) is 11.7 Å². The number of ether oxygens (including phenoxy) is 1. The van der Waals surface area contributed by atoms with Gasteiger partial charge in [-0.1, -0.05) is 0 Å². The second-order valence-electron chi connectivity index (χ2n) is 5.89. The van der Waals surface area contributed by atoms with Crippen LogP contribution in [-0.4, -0.2) is 46.4 Å². The first kappa shape index (κ1) is 13.4. The quantitative estimate of drug-likeness (QED) is 0.890. The summed E-state index contributed by atoms with van der Waals surface area (Å²) in [6.45, 7) is 4.17. The van der Waals surface area contributed by atoms with Crippen molar-refractivity contribution in [1.82, 2.24) is 14.7 Å². The fourth-order valence-corrected chi connectivity index (χ4v) is 2.85. The number of rotatable bonds is 4. The van der Waals surface area contributed by atoms with E-state index in [4.69, 9.17) is 10.5 Å². The molecule has 1 aromatic heterocycles. The molecule has 0 aromatic carbocycles. The smallest absolute Gasteiger partial charge is 0.274 e. The maximum absolute atomic E-state index is 12.8. The molecule has 1 atom stereocenters. The number of carbonyl (C=O) groups excluding carboxylic acids is 1. The number of nitrogen functional groups attached to an aromatic ring is 1. The summed E-state index contributed by atoms with van der Waals surface area (Å²) in [6, 6.07) is 0.373. The van der Waals surface area contributed by atoms with E-state index in [0.717, 1.165) is 44.7 Å². The summed E-state index contributed by atoms with van der Waals surface area (Å²) in [5.74, 6) is 0.468. The minimum atomic E-state index is 0.0139. The fourth-order valence-electron chi connectivity index (χ4n) is 2.85. The van der Waals surface area contributed by atoms with Crippen molar-refractivity contribution in [3.63, 3.8) is 0 Å². The van der Waals surface area contributed by atoms with Crippen molar-refractivity contribution >= 4 is 11.6 Å². The third kappa shape index (κ3) is 2.40. The Hall–Kier alpha value is -1.56. The molecule has 1 aliphatic heterocycles. The lowest BCUT2D eigenvalue weighted by atomic mass is 10.1. The first-order valence-electron chi connectivity index (χ1n) is 7.25. The molecule has 1 saturated heterocycles. The summed E-state index contributed by atoms with van der Waals surface area (Å²) in [7, 11) is 1.78. The van der Waals surface area contributed by atoms with E-state index in [2.05, 4.69) is 5.10 Å². The number of aromatic nitrogens is 2. The molecule has 1 amide bonds. The Kier molecular flexibility index (Phi) is 3.41. The Morgan fingerprint density at radius 1 is 1.50 bits per heavy atom. The van der Waals surface area contributed by atoms with E-state index in [1.165, 1.54) is 0 Å². The van der Waals surface area contributed by atoms with Gasteiger partial charge in [-0.25, -0.2) is 0 Å². The van der Waals surface area contributed by atoms with Crippen LogP contribution in [0, 0.1) is 12.8 Å². The molecule has 1 saturated carbocycles. The van der Waals surface area contributed by atoms with Crippen molar-refractivity contribution in [2.45, 2.75) is 32.2 Å². The van der Waals surface area contributed by atoms with Gasteiger partial charge in [-0.3, -0.25) is 9.48 Å². The maximum Gasteiger partial charge on any atom is 0.274 e. The Morgan fingerprint density at radius 2 is 2.25 bits per heavy atom. The lowest BCUT2D eigenvalue weighted by molar-refractivity contribution is 0.0696. The monoisotopic (exact) mass is 278 g/mol. The number of carbonyl (C=O) groups is 1. The zero-order valence-corrected chi connectivity index (χ0v) is 12.1. The second-order valence-corrected chi connectivity index (χ2v) is 5.89. The van der Waals surface area contributed by atoms with Gasteiger partial charge in [-0.15, -0.1) is 0 Å². The SMILES string of the molecule is Cc1nn(C)c(C(=O)N(CC2CCOC2)C2CC2)c1N. The average molecular weight is 278 g/mol. The standard InChI is InChI=1S/C14H22N4O2/c1-9-12(15)13(17(2)16-9)14(19)18(11-3-4-11)7-10-5-6-20-8-10/h10-11H,3-8,15H2,1-2H3. The van der Waals surface area contributed by atoms with Gasteiger partial charge in [-0.2, -0.15) is 5.10 Å². The fraction of sp³-hybridized carbons (Fsp3) is 0.714. The molecular weight excluding hydrogens is 256 g/mol. The molecule has 1 unspecified atom stereocenters. The van der Waals surface area contributed by atoms with Crippen LogP contribution in [0.3, 0.4) is 0 Å². The van der Waals surface area contributed by atoms with Crippen LogP contribution in [0.2, 0.25) is 0 Å². The summed E-state index contributed by atoms with van der Waals surface area (Å²) in [5.41, 5.74) is 7.76. The van der Waals surface area contributed by atoms with E-state index in [0.29, 0.717) is 23.3 Å². The summed E-state index contributed by atoms with van der Waals surface area (Å²) >= 11 is 0. The molecule has 20 heavy (non-hydrogen) atoms. The number of nitrogens with zero attached hydrogens (tertiary/aromatic N) is 3. The molecule has 3 rings (SSSR count). The number of aryl methyl sites for hydroxylation is 2. The maximum atomic E-state index is 12.8. The highest BCUT2D eigenvalue weighted by Gasteiger charge is 2.37. The molecule has 2 heterocycles. The number of amides is 1. The van der Waals surface area contributed by atoms with Gasteiger partial charge in [0, 0.05) is 32.2 Å². The third-order valence-corrected chi connectivity index (χ3v) is 4.20. The van der Waals surface area contributed by atoms with E-state index in [-0.39, 0.29) is 5.91 Å². The Morgan fingerprint density at radius 3 is 2.75 bits per heavy atom. The lowest BCUT2D eigenvalue weighted by Gasteiger charge is -2.25. The van der Waals surface area contributed by atoms with Crippen molar-refractivity contribution < 1.29 is 9.53 Å². The first-order valence-corrected chi connectivity index (χ1v) is 7.25. The van der Waals surface area contributed by atoms with Crippen LogP contribution in [0.25, 0.3) is 0 Å². The summed E-state index contributed by atoms with van der Waals surface area (Å²) in [5, 5.41) is 4.25. The highest BCUT2D eigenvalue weighted by molar-refractivity contribution is 5.98. The van der Waals surface area contributed by atoms with Crippen molar-refractivity contribution in [2.75, 3.05) is 25.5 Å². The molecule has 0 spiro atoms. The van der Waals surface area contributed by atoms with Crippen LogP contribution in [0.1, 0.15) is 35.4 Å². The van der Waals surface area contributed by atoms with Crippen molar-refractivity contribution in [3.05, 3.63) is 11.4 Å². The molecule has 2 N–H and O–H groups in total. The summed E-state index contributed by atoms with van der Waals surface area (Å²) in [6.07, 6.45) is 3.22. The van der Waals surface area contributed by atoms with Gasteiger partial charge < -0.3 is 15.4 Å². The number of hydrogen-bond acceptors (Lipinski definition) is 4. The van der Waals surface area contributed by atoms with Crippen LogP contribution in [0.5, 0.6) is 0 Å². The van der Waals surface area contributed by atoms with Gasteiger partial charge in [0.2, 0.25) is 0 Å². The van der Waals surface area contributed by atoms with E-state index < -0.39 is 0 Å². The molecule has 0 bridgehead atoms. The average Bonchev–Trinajstić information content (AvgIpc) is 3.05. The predicted molar refractivity (Wildman–Crippen MR) is 75.3 cm³/mol. The molecular formula is C14H22N4O2. The van der Waals surface area contributed by atoms with Gasteiger partial charge in [0.25, 0.3) is 5.91 Å². The molecule has 0 radical (unpaired) electrons. The molecule has 2 fully saturated rings. The Labute approximate surface area is 118 Å². The van der Waals surface area contributed by atoms with E-state index >= 15 is 0 Å². The van der Waals surface area contributed by atoms with Crippen molar-refractivity contribution in [3.8, 4) is 0 Å². The second kappa shape index (κ2) is 5.09. The van der Waals surface area contributed by atoms with E-state index in [1.807, 2.05) is 11.8 Å². The topological polar surface area (TPSA) is 73.4 Å². The van der Waals surface area contributed by atoms with Crippen LogP contribution in [0.15, 0.2) is 0 Å². The zero-order valence-electron chi connectivity index (χ0n) is 12.1. The minimum Gasteiger partial charge on any atom is -0.395 e. The Balaban J connectivity index is 1.81. The molecule has 110 valence electrons. The Bertz CT molecular complexity index is 515. The minimum absolute atomic E-state index is 0.0139. The highest BCUT2D eigenvalue weighted by atomic mass is 16.5. The van der Waals surface area contributed by atoms with E-state index in [9.17, 15) is 4.79 Å². The van der Waals surface area contributed by atoms with Crippen LogP contribution in [0.4, 0.5) is 5.69 Å². The predicted octanol–water partition coefficient (Wildman–Crippen LogP) is 0.952. The van der Waals surface area contributed by atoms with Gasteiger partial charge >= 0.3 is 0 Å². The number of anilines is 1. The van der Waals surface area contributed by atoms with Gasteiger partial charge in [-0.05, 0) is 26.2 Å². The molecule has 6 heteroatoms. The number of nitrogens with two attached hydrogens (primary N) is 1. The number of hydrogen-bond donors (Lipinski definition) is 1. The largest absolute Gasteiger partial charge is 0.395 e. The first-order chi connectivity index (χ1) is 9.58. The highest BCUT2D eigenvalue weighted by Crippen LogP contribution is 2.31. The van der Waals surface area contributed by atoms with Gasteiger partial charge in [0.1, 0.15) is 5.69 Å². The van der Waals surface area contributed by atoms with Crippen LogP contribution >= 0.6 is 0 Å². The van der Waals surface area contributed by atoms with Crippen molar-refractivity contribution in [2.24, 2.45) is 13.0 Å². The van der Waals surface area contributed by atoms with Gasteiger partial charge in [0.15, 0.2) is 0 Å². The third-order valence-electron chi connectivity index (χ3n) is 4.20. The summed E-state index contributed by atoms with van der Waals surface area (Å²) in [4.78, 5) is 14.8.